The second-order valence-electron chi connectivity index (χ2n) is 4.48. The zero-order valence-corrected chi connectivity index (χ0v) is 9.94. The SMILES string of the molecule is COc1cc(N2CCCC(C)C2)ncc1N. The van der Waals surface area contributed by atoms with Crippen molar-refractivity contribution in [3.05, 3.63) is 12.3 Å². The molecular formula is C12H19N3O. The van der Waals surface area contributed by atoms with Crippen LogP contribution in [0.3, 0.4) is 0 Å². The summed E-state index contributed by atoms with van der Waals surface area (Å²) in [6.45, 7) is 4.42. The normalized spacial score (nSPS) is 20.9. The van der Waals surface area contributed by atoms with Crippen molar-refractivity contribution in [3.63, 3.8) is 0 Å². The number of anilines is 2. The first kappa shape index (κ1) is 11.0. The van der Waals surface area contributed by atoms with Crippen molar-refractivity contribution in [2.24, 2.45) is 5.92 Å². The quantitative estimate of drug-likeness (QED) is 0.828. The summed E-state index contributed by atoms with van der Waals surface area (Å²) in [6, 6.07) is 1.92. The van der Waals surface area contributed by atoms with Crippen molar-refractivity contribution in [2.45, 2.75) is 19.8 Å². The molecular weight excluding hydrogens is 202 g/mol. The molecule has 88 valence electrons. The van der Waals surface area contributed by atoms with Crippen LogP contribution in [0, 0.1) is 5.92 Å². The van der Waals surface area contributed by atoms with Crippen molar-refractivity contribution in [1.82, 2.24) is 4.98 Å². The van der Waals surface area contributed by atoms with Crippen molar-refractivity contribution in [1.29, 1.82) is 0 Å². The number of aromatic nitrogens is 1. The van der Waals surface area contributed by atoms with Crippen LogP contribution in [0.25, 0.3) is 0 Å². The lowest BCUT2D eigenvalue weighted by Crippen LogP contribution is -2.34. The molecule has 0 spiro atoms. The molecule has 1 atom stereocenters. The van der Waals surface area contributed by atoms with E-state index in [0.29, 0.717) is 11.4 Å². The highest BCUT2D eigenvalue weighted by atomic mass is 16.5. The molecule has 1 aromatic rings. The third-order valence-electron chi connectivity index (χ3n) is 3.08. The van der Waals surface area contributed by atoms with Crippen LogP contribution in [0.1, 0.15) is 19.8 Å². The van der Waals surface area contributed by atoms with Crippen LogP contribution in [0.5, 0.6) is 5.75 Å². The molecule has 0 radical (unpaired) electrons. The monoisotopic (exact) mass is 221 g/mol. The summed E-state index contributed by atoms with van der Waals surface area (Å²) in [5.74, 6) is 2.42. The number of piperidine rings is 1. The molecule has 0 aromatic carbocycles. The second-order valence-corrected chi connectivity index (χ2v) is 4.48. The van der Waals surface area contributed by atoms with Gasteiger partial charge in [0.1, 0.15) is 11.6 Å². The summed E-state index contributed by atoms with van der Waals surface area (Å²) < 4.78 is 5.21. The number of nitrogen functional groups attached to an aromatic ring is 1. The third-order valence-corrected chi connectivity index (χ3v) is 3.08. The Morgan fingerprint density at radius 2 is 2.38 bits per heavy atom. The Labute approximate surface area is 96.4 Å². The number of hydrogen-bond acceptors (Lipinski definition) is 4. The fourth-order valence-electron chi connectivity index (χ4n) is 2.18. The summed E-state index contributed by atoms with van der Waals surface area (Å²) in [6.07, 6.45) is 4.21. The van der Waals surface area contributed by atoms with Crippen LogP contribution in [0.15, 0.2) is 12.3 Å². The van der Waals surface area contributed by atoms with E-state index in [1.807, 2.05) is 6.07 Å². The molecule has 0 bridgehead atoms. The van der Waals surface area contributed by atoms with E-state index in [1.165, 1.54) is 12.8 Å². The van der Waals surface area contributed by atoms with Gasteiger partial charge in [0.25, 0.3) is 0 Å². The predicted molar refractivity (Wildman–Crippen MR) is 65.8 cm³/mol. The number of nitrogens with two attached hydrogens (primary N) is 1. The smallest absolute Gasteiger partial charge is 0.147 e. The first-order valence-electron chi connectivity index (χ1n) is 5.75. The molecule has 4 nitrogen and oxygen atoms in total. The van der Waals surface area contributed by atoms with Gasteiger partial charge in [-0.25, -0.2) is 4.98 Å². The molecule has 1 saturated heterocycles. The van der Waals surface area contributed by atoms with Gasteiger partial charge in [0.15, 0.2) is 0 Å². The zero-order valence-electron chi connectivity index (χ0n) is 9.94. The summed E-state index contributed by atoms with van der Waals surface area (Å²) in [7, 11) is 1.63. The van der Waals surface area contributed by atoms with Gasteiger partial charge in [-0.15, -0.1) is 0 Å². The average molecular weight is 221 g/mol. The topological polar surface area (TPSA) is 51.4 Å². The largest absolute Gasteiger partial charge is 0.494 e. The number of methoxy groups -OCH3 is 1. The summed E-state index contributed by atoms with van der Waals surface area (Å²) in [5.41, 5.74) is 6.34. The van der Waals surface area contributed by atoms with Gasteiger partial charge in [-0.3, -0.25) is 0 Å². The molecule has 2 heterocycles. The molecule has 16 heavy (non-hydrogen) atoms. The van der Waals surface area contributed by atoms with Gasteiger partial charge >= 0.3 is 0 Å². The fraction of sp³-hybridized carbons (Fsp3) is 0.583. The first-order valence-corrected chi connectivity index (χ1v) is 5.75. The van der Waals surface area contributed by atoms with Crippen LogP contribution >= 0.6 is 0 Å². The van der Waals surface area contributed by atoms with E-state index >= 15 is 0 Å². The van der Waals surface area contributed by atoms with E-state index in [0.717, 1.165) is 24.8 Å². The molecule has 1 aliphatic heterocycles. The molecule has 0 saturated carbocycles. The van der Waals surface area contributed by atoms with Crippen LogP contribution < -0.4 is 15.4 Å². The number of pyridine rings is 1. The van der Waals surface area contributed by atoms with Gasteiger partial charge in [0, 0.05) is 19.2 Å². The van der Waals surface area contributed by atoms with E-state index in [9.17, 15) is 0 Å². The van der Waals surface area contributed by atoms with Crippen molar-refractivity contribution in [2.75, 3.05) is 30.8 Å². The fourth-order valence-corrected chi connectivity index (χ4v) is 2.18. The lowest BCUT2D eigenvalue weighted by atomic mass is 10.0. The van der Waals surface area contributed by atoms with E-state index in [-0.39, 0.29) is 0 Å². The number of hydrogen-bond donors (Lipinski definition) is 1. The number of rotatable bonds is 2. The lowest BCUT2D eigenvalue weighted by Gasteiger charge is -2.32. The summed E-state index contributed by atoms with van der Waals surface area (Å²) in [5, 5.41) is 0. The average Bonchev–Trinajstić information content (AvgIpc) is 2.29. The molecule has 0 amide bonds. The zero-order chi connectivity index (χ0) is 11.5. The van der Waals surface area contributed by atoms with Crippen LogP contribution in [-0.4, -0.2) is 25.2 Å². The van der Waals surface area contributed by atoms with Crippen molar-refractivity contribution >= 4 is 11.5 Å². The highest BCUT2D eigenvalue weighted by molar-refractivity contribution is 5.57. The van der Waals surface area contributed by atoms with Gasteiger partial charge < -0.3 is 15.4 Å². The van der Waals surface area contributed by atoms with Crippen LogP contribution in [-0.2, 0) is 0 Å². The van der Waals surface area contributed by atoms with Gasteiger partial charge in [0.2, 0.25) is 0 Å². The Morgan fingerprint density at radius 3 is 3.06 bits per heavy atom. The Hall–Kier alpha value is -1.45. The highest BCUT2D eigenvalue weighted by Gasteiger charge is 2.18. The minimum atomic E-state index is 0.594. The maximum Gasteiger partial charge on any atom is 0.147 e. The van der Waals surface area contributed by atoms with Gasteiger partial charge in [-0.2, -0.15) is 0 Å². The molecule has 2 rings (SSSR count). The molecule has 2 N–H and O–H groups in total. The Bertz CT molecular complexity index is 367. The molecule has 1 aromatic heterocycles. The molecule has 1 aliphatic rings. The minimum absolute atomic E-state index is 0.594. The Balaban J connectivity index is 2.19. The lowest BCUT2D eigenvalue weighted by molar-refractivity contribution is 0.414. The third kappa shape index (κ3) is 2.21. The second kappa shape index (κ2) is 4.60. The maximum absolute atomic E-state index is 5.75. The standard InChI is InChI=1S/C12H19N3O/c1-9-4-3-5-15(8-9)12-6-11(16-2)10(13)7-14-12/h6-7,9H,3-5,8,13H2,1-2H3. The van der Waals surface area contributed by atoms with Gasteiger partial charge in [0.05, 0.1) is 19.0 Å². The van der Waals surface area contributed by atoms with Crippen LogP contribution in [0.4, 0.5) is 11.5 Å². The highest BCUT2D eigenvalue weighted by Crippen LogP contribution is 2.27. The Morgan fingerprint density at radius 1 is 1.56 bits per heavy atom. The summed E-state index contributed by atoms with van der Waals surface area (Å²) >= 11 is 0. The molecule has 4 heteroatoms. The molecule has 1 fully saturated rings. The van der Waals surface area contributed by atoms with E-state index < -0.39 is 0 Å². The predicted octanol–water partition coefficient (Wildman–Crippen LogP) is 1.91. The van der Waals surface area contributed by atoms with E-state index in [4.69, 9.17) is 10.5 Å². The van der Waals surface area contributed by atoms with Crippen LogP contribution in [0.2, 0.25) is 0 Å². The number of ether oxygens (including phenoxy) is 1. The summed E-state index contributed by atoms with van der Waals surface area (Å²) in [4.78, 5) is 6.67. The molecule has 0 aliphatic carbocycles. The van der Waals surface area contributed by atoms with Crippen molar-refractivity contribution in [3.8, 4) is 5.75 Å². The van der Waals surface area contributed by atoms with Gasteiger partial charge in [-0.05, 0) is 18.8 Å². The minimum Gasteiger partial charge on any atom is -0.494 e. The van der Waals surface area contributed by atoms with Gasteiger partial charge in [-0.1, -0.05) is 6.92 Å². The van der Waals surface area contributed by atoms with E-state index in [2.05, 4.69) is 16.8 Å². The molecule has 1 unspecified atom stereocenters. The number of nitrogens with zero attached hydrogens (tertiary/aromatic N) is 2. The Kier molecular flexibility index (Phi) is 3.17. The van der Waals surface area contributed by atoms with Crippen molar-refractivity contribution < 1.29 is 4.74 Å². The first-order chi connectivity index (χ1) is 7.70. The van der Waals surface area contributed by atoms with E-state index in [1.54, 1.807) is 13.3 Å². The maximum atomic E-state index is 5.75.